The third-order valence-electron chi connectivity index (χ3n) is 4.69. The van der Waals surface area contributed by atoms with E-state index in [0.717, 1.165) is 29.8 Å². The van der Waals surface area contributed by atoms with Gasteiger partial charge in [0.1, 0.15) is 0 Å². The summed E-state index contributed by atoms with van der Waals surface area (Å²) in [6, 6.07) is 7.08. The summed E-state index contributed by atoms with van der Waals surface area (Å²) < 4.78 is 5.28. The second-order valence-electron chi connectivity index (χ2n) is 6.62. The van der Waals surface area contributed by atoms with Gasteiger partial charge in [-0.1, -0.05) is 25.5 Å². The van der Waals surface area contributed by atoms with Crippen molar-refractivity contribution in [1.29, 1.82) is 0 Å². The molecule has 0 fully saturated rings. The molecule has 1 heterocycles. The van der Waals surface area contributed by atoms with Gasteiger partial charge in [0.05, 0.1) is 18.2 Å². The van der Waals surface area contributed by atoms with Crippen LogP contribution in [-0.2, 0) is 14.3 Å². The molecular weight excluding hydrogens is 374 g/mol. The average Bonchev–Trinajstić information content (AvgIpc) is 2.67. The van der Waals surface area contributed by atoms with E-state index in [2.05, 4.69) is 17.6 Å². The summed E-state index contributed by atoms with van der Waals surface area (Å²) in [7, 11) is 0. The molecule has 152 valence electrons. The summed E-state index contributed by atoms with van der Waals surface area (Å²) in [6.07, 6.45) is 2.36. The van der Waals surface area contributed by atoms with Crippen molar-refractivity contribution in [2.45, 2.75) is 53.0 Å². The zero-order valence-electron chi connectivity index (χ0n) is 17.0. The number of allylic oxidation sites excluding steroid dienone is 1. The Labute approximate surface area is 172 Å². The van der Waals surface area contributed by atoms with Crippen LogP contribution in [0.25, 0.3) is 0 Å². The Bertz CT molecular complexity index is 759. The van der Waals surface area contributed by atoms with Gasteiger partial charge in [-0.05, 0) is 57.1 Å². The summed E-state index contributed by atoms with van der Waals surface area (Å²) in [6.45, 7) is 8.68. The number of rotatable bonds is 8. The number of benzene rings is 1. The number of hydrogen-bond donors (Lipinski definition) is 2. The highest BCUT2D eigenvalue weighted by Gasteiger charge is 2.34. The maximum atomic E-state index is 12.6. The number of ether oxygens (including phenoxy) is 1. The molecule has 2 N–H and O–H groups in total. The molecule has 0 aromatic heterocycles. The summed E-state index contributed by atoms with van der Waals surface area (Å²) in [5, 5.41) is 6.73. The molecule has 6 nitrogen and oxygen atoms in total. The minimum atomic E-state index is -0.390. The lowest BCUT2D eigenvalue weighted by molar-refractivity contribution is -0.139. The fraction of sp³-hybridized carbons (Fsp3) is 0.476. The number of esters is 1. The number of nitrogens with zero attached hydrogens (tertiary/aromatic N) is 1. The van der Waals surface area contributed by atoms with E-state index >= 15 is 0 Å². The summed E-state index contributed by atoms with van der Waals surface area (Å²) in [5.74, 6) is -0.344. The van der Waals surface area contributed by atoms with Crippen molar-refractivity contribution in [2.75, 3.05) is 18.5 Å². The van der Waals surface area contributed by atoms with Crippen molar-refractivity contribution >= 4 is 34.9 Å². The van der Waals surface area contributed by atoms with Crippen LogP contribution in [0.3, 0.4) is 0 Å². The molecular formula is C21H29N3O3S. The van der Waals surface area contributed by atoms with Crippen LogP contribution in [0.5, 0.6) is 0 Å². The van der Waals surface area contributed by atoms with E-state index in [0.29, 0.717) is 30.3 Å². The first-order valence-corrected chi connectivity index (χ1v) is 10.2. The minimum Gasteiger partial charge on any atom is -0.463 e. The minimum absolute atomic E-state index is 0.00751. The number of anilines is 1. The highest BCUT2D eigenvalue weighted by molar-refractivity contribution is 7.80. The van der Waals surface area contributed by atoms with Crippen molar-refractivity contribution in [2.24, 2.45) is 0 Å². The average molecular weight is 404 g/mol. The number of carbonyl (C=O) groups excluding carboxylic acids is 2. The first kappa shape index (κ1) is 21.9. The lowest BCUT2D eigenvalue weighted by Gasteiger charge is -2.37. The van der Waals surface area contributed by atoms with Gasteiger partial charge in [-0.15, -0.1) is 0 Å². The zero-order chi connectivity index (χ0) is 20.7. The number of unbranched alkanes of at least 4 members (excludes halogenated alkanes) is 1. The Morgan fingerprint density at radius 2 is 1.89 bits per heavy atom. The Balaban J connectivity index is 2.28. The molecule has 0 radical (unpaired) electrons. The molecule has 28 heavy (non-hydrogen) atoms. The second-order valence-corrected chi connectivity index (χ2v) is 7.01. The molecule has 0 aliphatic carbocycles. The van der Waals surface area contributed by atoms with Crippen molar-refractivity contribution < 1.29 is 14.3 Å². The maximum Gasteiger partial charge on any atom is 0.338 e. The zero-order valence-corrected chi connectivity index (χ0v) is 17.8. The van der Waals surface area contributed by atoms with Gasteiger partial charge in [-0.3, -0.25) is 4.79 Å². The molecule has 1 aromatic carbocycles. The number of carbonyl (C=O) groups is 2. The van der Waals surface area contributed by atoms with Crippen molar-refractivity contribution in [3.05, 3.63) is 41.1 Å². The first-order valence-electron chi connectivity index (χ1n) is 9.78. The largest absolute Gasteiger partial charge is 0.463 e. The molecule has 2 rings (SSSR count). The first-order chi connectivity index (χ1) is 13.4. The van der Waals surface area contributed by atoms with Gasteiger partial charge in [0, 0.05) is 24.4 Å². The Hall–Kier alpha value is -2.41. The van der Waals surface area contributed by atoms with Crippen molar-refractivity contribution in [1.82, 2.24) is 10.2 Å². The summed E-state index contributed by atoms with van der Waals surface area (Å²) in [4.78, 5) is 26.4. The van der Waals surface area contributed by atoms with Crippen LogP contribution in [0.15, 0.2) is 35.5 Å². The van der Waals surface area contributed by atoms with Crippen molar-refractivity contribution in [3.63, 3.8) is 0 Å². The quantitative estimate of drug-likeness (QED) is 0.507. The number of thiocarbonyl (C=S) groups is 1. The van der Waals surface area contributed by atoms with Gasteiger partial charge >= 0.3 is 5.97 Å². The molecule has 7 heteroatoms. The SMILES string of the molecule is CCCCC(=O)Nc1ccc(C2NC(=S)N(CC)C(C)=C2C(=O)OCC)cc1. The van der Waals surface area contributed by atoms with Gasteiger partial charge in [0.15, 0.2) is 5.11 Å². The smallest absolute Gasteiger partial charge is 0.338 e. The third-order valence-corrected chi connectivity index (χ3v) is 5.03. The molecule has 1 aromatic rings. The van der Waals surface area contributed by atoms with Crippen LogP contribution in [0, 0.1) is 0 Å². The Kier molecular flexibility index (Phi) is 7.99. The van der Waals surface area contributed by atoms with E-state index in [1.54, 1.807) is 6.92 Å². The summed E-state index contributed by atoms with van der Waals surface area (Å²) in [5.41, 5.74) is 2.97. The lowest BCUT2D eigenvalue weighted by atomic mass is 9.95. The Morgan fingerprint density at radius 1 is 1.21 bits per heavy atom. The molecule has 1 aliphatic rings. The molecule has 0 spiro atoms. The highest BCUT2D eigenvalue weighted by atomic mass is 32.1. The predicted molar refractivity (Wildman–Crippen MR) is 115 cm³/mol. The molecule has 0 bridgehead atoms. The molecule has 0 saturated carbocycles. The van der Waals surface area contributed by atoms with Gasteiger partial charge in [-0.25, -0.2) is 4.79 Å². The van der Waals surface area contributed by atoms with E-state index < -0.39 is 0 Å². The molecule has 1 unspecified atom stereocenters. The maximum absolute atomic E-state index is 12.6. The molecule has 1 atom stereocenters. The molecule has 1 aliphatic heterocycles. The van der Waals surface area contributed by atoms with Crippen LogP contribution in [0.4, 0.5) is 5.69 Å². The Morgan fingerprint density at radius 3 is 2.46 bits per heavy atom. The van der Waals surface area contributed by atoms with E-state index in [4.69, 9.17) is 17.0 Å². The van der Waals surface area contributed by atoms with Crippen LogP contribution in [0.2, 0.25) is 0 Å². The highest BCUT2D eigenvalue weighted by Crippen LogP contribution is 2.31. The van der Waals surface area contributed by atoms with Crippen LogP contribution < -0.4 is 10.6 Å². The van der Waals surface area contributed by atoms with E-state index in [9.17, 15) is 9.59 Å². The lowest BCUT2D eigenvalue weighted by Crippen LogP contribution is -2.47. The van der Waals surface area contributed by atoms with Gasteiger partial charge < -0.3 is 20.3 Å². The van der Waals surface area contributed by atoms with Gasteiger partial charge in [0.2, 0.25) is 5.91 Å². The monoisotopic (exact) mass is 403 g/mol. The van der Waals surface area contributed by atoms with Crippen LogP contribution >= 0.6 is 12.2 Å². The van der Waals surface area contributed by atoms with Gasteiger partial charge in [-0.2, -0.15) is 0 Å². The molecule has 0 saturated heterocycles. The van der Waals surface area contributed by atoms with E-state index in [1.165, 1.54) is 0 Å². The number of hydrogen-bond acceptors (Lipinski definition) is 4. The normalized spacial score (nSPS) is 16.6. The van der Waals surface area contributed by atoms with Crippen LogP contribution in [-0.4, -0.2) is 35.0 Å². The fourth-order valence-electron chi connectivity index (χ4n) is 3.21. The van der Waals surface area contributed by atoms with Crippen molar-refractivity contribution in [3.8, 4) is 0 Å². The topological polar surface area (TPSA) is 70.7 Å². The van der Waals surface area contributed by atoms with E-state index in [1.807, 2.05) is 43.0 Å². The van der Waals surface area contributed by atoms with E-state index in [-0.39, 0.29) is 17.9 Å². The predicted octanol–water partition coefficient (Wildman–Crippen LogP) is 3.90. The third kappa shape index (κ3) is 5.10. The van der Waals surface area contributed by atoms with Crippen LogP contribution in [0.1, 0.15) is 58.6 Å². The number of nitrogens with one attached hydrogen (secondary N) is 2. The summed E-state index contributed by atoms with van der Waals surface area (Å²) >= 11 is 5.48. The van der Waals surface area contributed by atoms with Gasteiger partial charge in [0.25, 0.3) is 0 Å². The number of amides is 1. The fourth-order valence-corrected chi connectivity index (χ4v) is 3.59. The second kappa shape index (κ2) is 10.2. The standard InChI is InChI=1S/C21H29N3O3S/c1-5-8-9-17(25)22-16-12-10-15(11-13-16)19-18(20(26)27-7-3)14(4)24(6-2)21(28)23-19/h10-13,19H,5-9H2,1-4H3,(H,22,25)(H,23,28). The molecule has 1 amide bonds.